The number of aliphatic hydroxyl groups excluding tert-OH is 1. The maximum Gasteiger partial charge on any atom is 0.238 e. The molecular weight excluding hydrogens is 352 g/mol. The van der Waals surface area contributed by atoms with Crippen molar-refractivity contribution in [3.05, 3.63) is 0 Å². The van der Waals surface area contributed by atoms with Crippen LogP contribution in [0.3, 0.4) is 0 Å². The molecule has 0 aromatic rings. The number of sulfone groups is 1. The molecule has 0 aromatic carbocycles. The van der Waals surface area contributed by atoms with E-state index in [0.29, 0.717) is 32.5 Å². The first kappa shape index (κ1) is 21.7. The molecule has 0 aromatic heterocycles. The molecular formula is C16H31ClN2O4S. The van der Waals surface area contributed by atoms with Crippen LogP contribution in [-0.4, -0.2) is 55.7 Å². The number of nitrogens with one attached hydrogen (secondary N) is 2. The Morgan fingerprint density at radius 2 is 1.83 bits per heavy atom. The molecule has 3 N–H and O–H groups in total. The van der Waals surface area contributed by atoms with Gasteiger partial charge in [-0.2, -0.15) is 0 Å². The summed E-state index contributed by atoms with van der Waals surface area (Å²) in [7, 11) is -3.47. The van der Waals surface area contributed by atoms with Gasteiger partial charge in [0.15, 0.2) is 9.84 Å². The van der Waals surface area contributed by atoms with Gasteiger partial charge in [0.25, 0.3) is 0 Å². The highest BCUT2D eigenvalue weighted by molar-refractivity contribution is 7.93. The van der Waals surface area contributed by atoms with Gasteiger partial charge in [0.1, 0.15) is 5.25 Å². The van der Waals surface area contributed by atoms with E-state index in [2.05, 4.69) is 10.6 Å². The normalized spacial score (nSPS) is 26.8. The van der Waals surface area contributed by atoms with Gasteiger partial charge >= 0.3 is 0 Å². The molecule has 1 amide bonds. The minimum Gasteiger partial charge on any atom is -0.391 e. The van der Waals surface area contributed by atoms with E-state index in [0.717, 1.165) is 19.3 Å². The molecule has 2 aliphatic rings. The standard InChI is InChI=1S/C16H30N2O4S.ClH/c1-11(2)15(23(21,22)13-6-4-3-5-7-13)16(20)18-9-12-8-17-10-14(12)19;/h11-15,17,19H,3-10H2,1-2H3,(H,18,20);1H. The Balaban J connectivity index is 0.00000288. The van der Waals surface area contributed by atoms with Crippen molar-refractivity contribution in [2.75, 3.05) is 19.6 Å². The fourth-order valence-corrected chi connectivity index (χ4v) is 6.24. The predicted octanol–water partition coefficient (Wildman–Crippen LogP) is 0.877. The zero-order chi connectivity index (χ0) is 17.0. The number of aliphatic hydroxyl groups is 1. The van der Waals surface area contributed by atoms with Gasteiger partial charge in [-0.1, -0.05) is 33.1 Å². The number of amides is 1. The number of halogens is 1. The molecule has 1 saturated carbocycles. The molecule has 24 heavy (non-hydrogen) atoms. The Labute approximate surface area is 151 Å². The van der Waals surface area contributed by atoms with Gasteiger partial charge in [-0.05, 0) is 18.8 Å². The molecule has 0 bridgehead atoms. The van der Waals surface area contributed by atoms with E-state index < -0.39 is 27.1 Å². The predicted molar refractivity (Wildman–Crippen MR) is 97.0 cm³/mol. The molecule has 1 aliphatic heterocycles. The summed E-state index contributed by atoms with van der Waals surface area (Å²) in [6.45, 7) is 5.06. The van der Waals surface area contributed by atoms with Crippen molar-refractivity contribution in [1.29, 1.82) is 0 Å². The van der Waals surface area contributed by atoms with Gasteiger partial charge in [-0.3, -0.25) is 4.79 Å². The maximum atomic E-state index is 12.9. The van der Waals surface area contributed by atoms with Gasteiger partial charge < -0.3 is 15.7 Å². The first-order valence-electron chi connectivity index (χ1n) is 8.73. The molecule has 3 atom stereocenters. The van der Waals surface area contributed by atoms with E-state index in [9.17, 15) is 18.3 Å². The summed E-state index contributed by atoms with van der Waals surface area (Å²) in [5.74, 6) is -0.720. The number of carbonyl (C=O) groups is 1. The maximum absolute atomic E-state index is 12.9. The fourth-order valence-electron chi connectivity index (χ4n) is 3.69. The molecule has 2 rings (SSSR count). The highest BCUT2D eigenvalue weighted by atomic mass is 35.5. The van der Waals surface area contributed by atoms with Crippen molar-refractivity contribution < 1.29 is 18.3 Å². The summed E-state index contributed by atoms with van der Waals surface area (Å²) in [5.41, 5.74) is 0. The molecule has 6 nitrogen and oxygen atoms in total. The van der Waals surface area contributed by atoms with Crippen LogP contribution in [0, 0.1) is 11.8 Å². The fraction of sp³-hybridized carbons (Fsp3) is 0.938. The molecule has 3 unspecified atom stereocenters. The van der Waals surface area contributed by atoms with Gasteiger partial charge in [0.05, 0.1) is 11.4 Å². The summed E-state index contributed by atoms with van der Waals surface area (Å²) in [4.78, 5) is 12.5. The Bertz CT molecular complexity index is 506. The Morgan fingerprint density at radius 1 is 1.21 bits per heavy atom. The minimum absolute atomic E-state index is 0. The lowest BCUT2D eigenvalue weighted by atomic mass is 10.0. The van der Waals surface area contributed by atoms with Crippen LogP contribution in [0.5, 0.6) is 0 Å². The molecule has 1 aliphatic carbocycles. The average molecular weight is 383 g/mol. The number of hydrogen-bond donors (Lipinski definition) is 3. The van der Waals surface area contributed by atoms with E-state index in [4.69, 9.17) is 0 Å². The van der Waals surface area contributed by atoms with Gasteiger partial charge in [0.2, 0.25) is 5.91 Å². The molecule has 2 fully saturated rings. The van der Waals surface area contributed by atoms with Crippen LogP contribution in [0.1, 0.15) is 46.0 Å². The van der Waals surface area contributed by atoms with Crippen molar-refractivity contribution in [3.8, 4) is 0 Å². The van der Waals surface area contributed by atoms with Gasteiger partial charge in [0, 0.05) is 25.6 Å². The van der Waals surface area contributed by atoms with Crippen LogP contribution < -0.4 is 10.6 Å². The van der Waals surface area contributed by atoms with Gasteiger partial charge in [-0.15, -0.1) is 12.4 Å². The Hall–Kier alpha value is -0.370. The van der Waals surface area contributed by atoms with E-state index in [1.807, 2.05) is 0 Å². The number of carbonyl (C=O) groups excluding carboxylic acids is 1. The SMILES string of the molecule is CC(C)C(C(=O)NCC1CNCC1O)S(=O)(=O)C1CCCCC1.Cl. The summed E-state index contributed by atoms with van der Waals surface area (Å²) in [5, 5.41) is 14.2. The lowest BCUT2D eigenvalue weighted by molar-refractivity contribution is -0.121. The summed E-state index contributed by atoms with van der Waals surface area (Å²) < 4.78 is 25.8. The van der Waals surface area contributed by atoms with Crippen molar-refractivity contribution in [2.24, 2.45) is 11.8 Å². The molecule has 142 valence electrons. The molecule has 8 heteroatoms. The minimum atomic E-state index is -3.47. The lowest BCUT2D eigenvalue weighted by Gasteiger charge is -2.29. The molecule has 1 heterocycles. The van der Waals surface area contributed by atoms with Crippen molar-refractivity contribution in [2.45, 2.75) is 62.6 Å². The van der Waals surface area contributed by atoms with Crippen molar-refractivity contribution in [1.82, 2.24) is 10.6 Å². The zero-order valence-electron chi connectivity index (χ0n) is 14.5. The average Bonchev–Trinajstić information content (AvgIpc) is 2.91. The van der Waals surface area contributed by atoms with E-state index in [-0.39, 0.29) is 29.5 Å². The van der Waals surface area contributed by atoms with Crippen LogP contribution in [0.2, 0.25) is 0 Å². The smallest absolute Gasteiger partial charge is 0.238 e. The molecule has 0 spiro atoms. The summed E-state index contributed by atoms with van der Waals surface area (Å²) in [6, 6.07) is 0. The van der Waals surface area contributed by atoms with Crippen LogP contribution in [0.15, 0.2) is 0 Å². The largest absolute Gasteiger partial charge is 0.391 e. The zero-order valence-corrected chi connectivity index (χ0v) is 16.2. The third-order valence-electron chi connectivity index (χ3n) is 5.08. The second-order valence-electron chi connectivity index (χ2n) is 7.24. The first-order valence-corrected chi connectivity index (χ1v) is 10.3. The first-order chi connectivity index (χ1) is 10.8. The highest BCUT2D eigenvalue weighted by Gasteiger charge is 2.41. The second kappa shape index (κ2) is 9.36. The monoisotopic (exact) mass is 382 g/mol. The topological polar surface area (TPSA) is 95.5 Å². The van der Waals surface area contributed by atoms with Crippen LogP contribution in [0.25, 0.3) is 0 Å². The van der Waals surface area contributed by atoms with Crippen LogP contribution in [0.4, 0.5) is 0 Å². The number of β-amino-alcohol motifs (C(OH)–C–C–N with tert-alkyl or cyclic N) is 1. The van der Waals surface area contributed by atoms with Crippen molar-refractivity contribution in [3.63, 3.8) is 0 Å². The Morgan fingerprint density at radius 3 is 2.33 bits per heavy atom. The van der Waals surface area contributed by atoms with Crippen LogP contribution >= 0.6 is 12.4 Å². The Kier molecular flexibility index (Phi) is 8.45. The second-order valence-corrected chi connectivity index (χ2v) is 9.60. The third-order valence-corrected chi connectivity index (χ3v) is 7.94. The van der Waals surface area contributed by atoms with Gasteiger partial charge in [-0.25, -0.2) is 8.42 Å². The van der Waals surface area contributed by atoms with E-state index >= 15 is 0 Å². The molecule has 1 saturated heterocycles. The van der Waals surface area contributed by atoms with Crippen LogP contribution in [-0.2, 0) is 14.6 Å². The quantitative estimate of drug-likeness (QED) is 0.633. The highest BCUT2D eigenvalue weighted by Crippen LogP contribution is 2.29. The number of rotatable bonds is 6. The van der Waals surface area contributed by atoms with E-state index in [1.165, 1.54) is 0 Å². The number of hydrogen-bond acceptors (Lipinski definition) is 5. The summed E-state index contributed by atoms with van der Waals surface area (Å²) >= 11 is 0. The van der Waals surface area contributed by atoms with E-state index in [1.54, 1.807) is 13.8 Å². The molecule has 0 radical (unpaired) electrons. The third kappa shape index (κ3) is 5.07. The van der Waals surface area contributed by atoms with Crippen molar-refractivity contribution >= 4 is 28.2 Å². The lowest BCUT2D eigenvalue weighted by Crippen LogP contribution is -2.48. The summed E-state index contributed by atoms with van der Waals surface area (Å²) in [6.07, 6.45) is 3.79.